The van der Waals surface area contributed by atoms with Gasteiger partial charge in [-0.1, -0.05) is 17.7 Å². The summed E-state index contributed by atoms with van der Waals surface area (Å²) in [4.78, 5) is 32.6. The Balaban J connectivity index is 1.57. The fraction of sp³-hybridized carbons (Fsp3) is 0.500. The third kappa shape index (κ3) is 6.18. The van der Waals surface area contributed by atoms with Crippen LogP contribution in [0.5, 0.6) is 0 Å². The van der Waals surface area contributed by atoms with Crippen LogP contribution >= 0.6 is 11.6 Å². The molecule has 10 heteroatoms. The van der Waals surface area contributed by atoms with Crippen LogP contribution in [0.2, 0.25) is 5.02 Å². The maximum absolute atomic E-state index is 13.4. The Morgan fingerprint density at radius 2 is 1.83 bits per heavy atom. The van der Waals surface area contributed by atoms with Crippen LogP contribution in [0.25, 0.3) is 0 Å². The fourth-order valence-corrected chi connectivity index (χ4v) is 5.58. The molecule has 1 saturated heterocycles. The Morgan fingerprint density at radius 3 is 2.44 bits per heavy atom. The molecule has 8 nitrogen and oxygen atoms in total. The first-order valence-electron chi connectivity index (χ1n) is 12.1. The molecule has 194 valence electrons. The van der Waals surface area contributed by atoms with Gasteiger partial charge in [0.2, 0.25) is 0 Å². The number of halogens is 1. The van der Waals surface area contributed by atoms with Gasteiger partial charge in [0.25, 0.3) is 5.91 Å². The van der Waals surface area contributed by atoms with E-state index < -0.39 is 21.4 Å². The number of benzene rings is 1. The smallest absolute Gasteiger partial charge is 0.442 e. The predicted molar refractivity (Wildman–Crippen MR) is 142 cm³/mol. The number of carbonyl (C=O) groups excluding carboxylic acids is 2. The number of aromatic nitrogens is 1. The molecule has 1 aliphatic heterocycles. The molecular formula is C26H33ClN4O4S. The van der Waals surface area contributed by atoms with Gasteiger partial charge in [0.05, 0.1) is 26.0 Å². The summed E-state index contributed by atoms with van der Waals surface area (Å²) in [5, 5.41) is 3.29. The number of ether oxygens (including phenoxy) is 1. The normalized spacial score (nSPS) is 18.3. The molecule has 1 saturated carbocycles. The summed E-state index contributed by atoms with van der Waals surface area (Å²) in [7, 11) is -3.09. The zero-order valence-corrected chi connectivity index (χ0v) is 23.0. The minimum Gasteiger partial charge on any atom is -0.442 e. The number of hydrogen-bond acceptors (Lipinski definition) is 6. The Hall–Kier alpha value is -2.65. The number of amides is 2. The number of hydrogen-bond donors (Lipinski definition) is 1. The number of rotatable bonds is 4. The minimum absolute atomic E-state index is 0.303. The number of pyridine rings is 1. The lowest BCUT2D eigenvalue weighted by molar-refractivity contribution is 0.0607. The molecule has 2 fully saturated rings. The Kier molecular flexibility index (Phi) is 7.09. The zero-order chi connectivity index (χ0) is 26.3. The molecule has 1 aromatic carbocycles. The molecule has 0 bridgehead atoms. The largest absolute Gasteiger partial charge is 0.442 e. The number of carbonyl (C=O) groups is 2. The number of nitrogens with zero attached hydrogens (tertiary/aromatic N) is 3. The summed E-state index contributed by atoms with van der Waals surface area (Å²) in [5.74, 6) is 0.259. The molecular weight excluding hydrogens is 500 g/mol. The van der Waals surface area contributed by atoms with E-state index in [9.17, 15) is 13.8 Å². The molecule has 1 N–H and O–H groups in total. The zero-order valence-electron chi connectivity index (χ0n) is 21.4. The van der Waals surface area contributed by atoms with Crippen molar-refractivity contribution in [2.75, 3.05) is 29.6 Å². The highest BCUT2D eigenvalue weighted by molar-refractivity contribution is 7.93. The molecule has 2 heterocycles. The highest BCUT2D eigenvalue weighted by Gasteiger charge is 2.45. The first kappa shape index (κ1) is 26.4. The highest BCUT2D eigenvalue weighted by Crippen LogP contribution is 2.54. The van der Waals surface area contributed by atoms with E-state index in [0.717, 1.165) is 25.9 Å². The summed E-state index contributed by atoms with van der Waals surface area (Å²) in [6.45, 7) is 8.67. The van der Waals surface area contributed by atoms with Crippen LogP contribution in [-0.4, -0.2) is 46.1 Å². The fourth-order valence-electron chi connectivity index (χ4n) is 4.33. The average molecular weight is 533 g/mol. The van der Waals surface area contributed by atoms with Crippen LogP contribution in [0.3, 0.4) is 0 Å². The molecule has 0 radical (unpaired) electrons. The van der Waals surface area contributed by atoms with E-state index in [1.54, 1.807) is 51.1 Å². The second-order valence-electron chi connectivity index (χ2n) is 10.8. The molecule has 1 aliphatic carbocycles. The van der Waals surface area contributed by atoms with Crippen LogP contribution in [0.15, 0.2) is 39.6 Å². The van der Waals surface area contributed by atoms with E-state index in [0.29, 0.717) is 38.1 Å². The van der Waals surface area contributed by atoms with Crippen LogP contribution in [-0.2, 0) is 14.5 Å². The van der Waals surface area contributed by atoms with Crippen LogP contribution < -0.4 is 10.2 Å². The second kappa shape index (κ2) is 9.67. The molecule has 4 rings (SSSR count). The number of aryl methyl sites for hydroxylation is 1. The number of piperidine rings is 1. The molecule has 1 atom stereocenters. The monoisotopic (exact) mass is 532 g/mol. The summed E-state index contributed by atoms with van der Waals surface area (Å²) in [6.07, 6.45) is 5.25. The SMILES string of the molecule is Cc1nc(N2CCC3(CC2)CC3)c(C(=O)Nc2cccc(S(C)(=O)=NC(=O)OC(C)(C)C)c2)cc1Cl. The maximum atomic E-state index is 13.4. The Labute approximate surface area is 217 Å². The quantitative estimate of drug-likeness (QED) is 0.513. The van der Waals surface area contributed by atoms with Crippen LogP contribution in [0, 0.1) is 12.3 Å². The molecule has 2 aliphatic rings. The molecule has 2 aromatic rings. The second-order valence-corrected chi connectivity index (χ2v) is 13.4. The van der Waals surface area contributed by atoms with E-state index in [4.69, 9.17) is 16.3 Å². The van der Waals surface area contributed by atoms with Crippen LogP contribution in [0.1, 0.15) is 62.5 Å². The van der Waals surface area contributed by atoms with Gasteiger partial charge in [-0.3, -0.25) is 4.79 Å². The molecule has 1 unspecified atom stereocenters. The van der Waals surface area contributed by atoms with Gasteiger partial charge in [0.15, 0.2) is 0 Å². The van der Waals surface area contributed by atoms with Gasteiger partial charge in [0, 0.05) is 29.9 Å². The van der Waals surface area contributed by atoms with Gasteiger partial charge < -0.3 is 15.0 Å². The summed E-state index contributed by atoms with van der Waals surface area (Å²) < 4.78 is 22.1. The first-order chi connectivity index (χ1) is 16.8. The van der Waals surface area contributed by atoms with Crippen LogP contribution in [0.4, 0.5) is 16.3 Å². The van der Waals surface area contributed by atoms with Gasteiger partial charge in [-0.15, -0.1) is 4.36 Å². The Bertz CT molecular complexity index is 1310. The standard InChI is InChI=1S/C26H33ClN4O4S/c1-17-21(27)16-20(22(28-17)31-13-11-26(9-10-26)12-14-31)23(32)29-18-7-6-8-19(15-18)36(5,34)30-24(33)35-25(2,3)4/h6-8,15-16H,9-14H2,1-5H3,(H,29,32). The summed E-state index contributed by atoms with van der Waals surface area (Å²) in [5.41, 5.74) is 1.23. The van der Waals surface area contributed by atoms with Crippen molar-refractivity contribution in [3.8, 4) is 0 Å². The highest BCUT2D eigenvalue weighted by atomic mass is 35.5. The average Bonchev–Trinajstić information content (AvgIpc) is 3.53. The molecule has 36 heavy (non-hydrogen) atoms. The predicted octanol–water partition coefficient (Wildman–Crippen LogP) is 6.07. The minimum atomic E-state index is -3.09. The third-order valence-corrected chi connectivity index (χ3v) is 8.64. The topological polar surface area (TPSA) is 101 Å². The van der Waals surface area contributed by atoms with Gasteiger partial charge >= 0.3 is 6.09 Å². The van der Waals surface area contributed by atoms with Crippen molar-refractivity contribution in [2.45, 2.75) is 63.9 Å². The number of nitrogens with one attached hydrogen (secondary N) is 1. The lowest BCUT2D eigenvalue weighted by Gasteiger charge is -2.34. The van der Waals surface area contributed by atoms with Crippen molar-refractivity contribution >= 4 is 44.8 Å². The van der Waals surface area contributed by atoms with Crippen molar-refractivity contribution in [3.63, 3.8) is 0 Å². The van der Waals surface area contributed by atoms with E-state index in [1.807, 2.05) is 6.92 Å². The van der Waals surface area contributed by atoms with E-state index in [1.165, 1.54) is 19.1 Å². The lowest BCUT2D eigenvalue weighted by atomic mass is 9.93. The maximum Gasteiger partial charge on any atom is 0.442 e. The Morgan fingerprint density at radius 1 is 1.17 bits per heavy atom. The van der Waals surface area contributed by atoms with E-state index >= 15 is 0 Å². The third-order valence-electron chi connectivity index (χ3n) is 6.63. The van der Waals surface area contributed by atoms with Gasteiger partial charge in [-0.05, 0) is 83.1 Å². The number of anilines is 2. The van der Waals surface area contributed by atoms with Gasteiger partial charge in [-0.2, -0.15) is 0 Å². The van der Waals surface area contributed by atoms with E-state index in [2.05, 4.69) is 19.6 Å². The molecule has 1 aromatic heterocycles. The van der Waals surface area contributed by atoms with Crippen molar-refractivity contribution < 1.29 is 18.5 Å². The van der Waals surface area contributed by atoms with E-state index in [-0.39, 0.29) is 5.91 Å². The summed E-state index contributed by atoms with van der Waals surface area (Å²) in [6, 6.07) is 8.14. The van der Waals surface area contributed by atoms with Crippen molar-refractivity contribution in [3.05, 3.63) is 46.6 Å². The van der Waals surface area contributed by atoms with Gasteiger partial charge in [-0.25, -0.2) is 14.0 Å². The van der Waals surface area contributed by atoms with Crippen molar-refractivity contribution in [1.29, 1.82) is 0 Å². The van der Waals surface area contributed by atoms with Gasteiger partial charge in [0.1, 0.15) is 11.4 Å². The molecule has 2 amide bonds. The van der Waals surface area contributed by atoms with Crippen molar-refractivity contribution in [1.82, 2.24) is 4.98 Å². The summed E-state index contributed by atoms with van der Waals surface area (Å²) >= 11 is 6.35. The molecule has 1 spiro atoms. The lowest BCUT2D eigenvalue weighted by Crippen LogP contribution is -2.36. The van der Waals surface area contributed by atoms with Crippen molar-refractivity contribution in [2.24, 2.45) is 9.78 Å². The first-order valence-corrected chi connectivity index (χ1v) is 14.4.